The third-order valence-corrected chi connectivity index (χ3v) is 5.85. The van der Waals surface area contributed by atoms with Gasteiger partial charge in [-0.25, -0.2) is 22.7 Å². The average Bonchev–Trinajstić information content (AvgIpc) is 2.87. The Morgan fingerprint density at radius 2 is 2.00 bits per heavy atom. The topological polar surface area (TPSA) is 93.0 Å². The number of anilines is 1. The standard InChI is InChI=1S/C15H21ClN6O2S/c1-10-12(9-21(2)20-10)14-13(16)8-17-15(19-14)18-11-4-6-22(7-5-11)25(3,23)24/h8-9,11H,4-7H2,1-3H3,(H,17,18,19). The van der Waals surface area contributed by atoms with E-state index in [0.717, 1.165) is 11.3 Å². The fourth-order valence-electron chi connectivity index (χ4n) is 2.97. The van der Waals surface area contributed by atoms with Gasteiger partial charge in [0.25, 0.3) is 0 Å². The maximum atomic E-state index is 11.6. The van der Waals surface area contributed by atoms with Crippen molar-refractivity contribution in [2.24, 2.45) is 7.05 Å². The fourth-order valence-corrected chi connectivity index (χ4v) is 4.04. The molecule has 3 heterocycles. The Balaban J connectivity index is 1.75. The molecule has 2 aromatic rings. The number of halogens is 1. The molecule has 1 aliphatic heterocycles. The number of nitrogens with one attached hydrogen (secondary N) is 1. The second kappa shape index (κ2) is 6.89. The zero-order valence-corrected chi connectivity index (χ0v) is 16.0. The van der Waals surface area contributed by atoms with Gasteiger partial charge in [-0.15, -0.1) is 0 Å². The summed E-state index contributed by atoms with van der Waals surface area (Å²) >= 11 is 6.26. The highest BCUT2D eigenvalue weighted by Gasteiger charge is 2.25. The lowest BCUT2D eigenvalue weighted by atomic mass is 10.1. The van der Waals surface area contributed by atoms with Crippen LogP contribution in [0.4, 0.5) is 5.95 Å². The van der Waals surface area contributed by atoms with Crippen LogP contribution >= 0.6 is 11.6 Å². The lowest BCUT2D eigenvalue weighted by Crippen LogP contribution is -2.42. The first kappa shape index (κ1) is 18.1. The maximum absolute atomic E-state index is 11.6. The number of hydrogen-bond donors (Lipinski definition) is 1. The molecule has 1 N–H and O–H groups in total. The number of sulfonamides is 1. The van der Waals surface area contributed by atoms with Gasteiger partial charge in [-0.1, -0.05) is 11.6 Å². The van der Waals surface area contributed by atoms with Crippen LogP contribution < -0.4 is 5.32 Å². The highest BCUT2D eigenvalue weighted by molar-refractivity contribution is 7.88. The molecular formula is C15H21ClN6O2S. The van der Waals surface area contributed by atoms with E-state index < -0.39 is 10.0 Å². The predicted octanol–water partition coefficient (Wildman–Crippen LogP) is 1.67. The van der Waals surface area contributed by atoms with Gasteiger partial charge in [0, 0.05) is 37.9 Å². The Hall–Kier alpha value is -1.71. The van der Waals surface area contributed by atoms with Gasteiger partial charge in [0.2, 0.25) is 16.0 Å². The van der Waals surface area contributed by atoms with Crippen molar-refractivity contribution < 1.29 is 8.42 Å². The molecule has 0 amide bonds. The summed E-state index contributed by atoms with van der Waals surface area (Å²) in [5.41, 5.74) is 2.35. The smallest absolute Gasteiger partial charge is 0.223 e. The quantitative estimate of drug-likeness (QED) is 0.861. The van der Waals surface area contributed by atoms with E-state index in [1.165, 1.54) is 10.6 Å². The van der Waals surface area contributed by atoms with E-state index in [1.54, 1.807) is 10.9 Å². The van der Waals surface area contributed by atoms with Crippen LogP contribution in [-0.4, -0.2) is 57.9 Å². The fraction of sp³-hybridized carbons (Fsp3) is 0.533. The van der Waals surface area contributed by atoms with E-state index in [9.17, 15) is 8.42 Å². The predicted molar refractivity (Wildman–Crippen MR) is 97.0 cm³/mol. The third-order valence-electron chi connectivity index (χ3n) is 4.27. The summed E-state index contributed by atoms with van der Waals surface area (Å²) in [6.45, 7) is 2.90. The minimum atomic E-state index is -3.13. The van der Waals surface area contributed by atoms with Crippen LogP contribution in [0.25, 0.3) is 11.3 Å². The van der Waals surface area contributed by atoms with Crippen LogP contribution in [0.2, 0.25) is 5.02 Å². The molecule has 0 atom stereocenters. The summed E-state index contributed by atoms with van der Waals surface area (Å²) < 4.78 is 26.4. The molecule has 2 aromatic heterocycles. The van der Waals surface area contributed by atoms with Gasteiger partial charge in [0.15, 0.2) is 0 Å². The Kier molecular flexibility index (Phi) is 4.99. The summed E-state index contributed by atoms with van der Waals surface area (Å²) in [7, 11) is -1.28. The van der Waals surface area contributed by atoms with Crippen molar-refractivity contribution in [2.75, 3.05) is 24.7 Å². The molecule has 0 unspecified atom stereocenters. The molecule has 0 spiro atoms. The number of rotatable bonds is 4. The number of piperidine rings is 1. The van der Waals surface area contributed by atoms with Gasteiger partial charge < -0.3 is 5.32 Å². The summed E-state index contributed by atoms with van der Waals surface area (Å²) in [4.78, 5) is 8.79. The van der Waals surface area contributed by atoms with Gasteiger partial charge in [0.05, 0.1) is 28.9 Å². The van der Waals surface area contributed by atoms with Gasteiger partial charge >= 0.3 is 0 Å². The van der Waals surface area contributed by atoms with Gasteiger partial charge in [-0.05, 0) is 19.8 Å². The molecule has 3 rings (SSSR count). The first-order chi connectivity index (χ1) is 11.7. The molecule has 0 saturated carbocycles. The highest BCUT2D eigenvalue weighted by atomic mass is 35.5. The zero-order valence-electron chi connectivity index (χ0n) is 14.4. The molecule has 0 radical (unpaired) electrons. The van der Waals surface area contributed by atoms with Crippen LogP contribution in [-0.2, 0) is 17.1 Å². The maximum Gasteiger partial charge on any atom is 0.223 e. The van der Waals surface area contributed by atoms with E-state index in [-0.39, 0.29) is 6.04 Å². The molecule has 0 aliphatic carbocycles. The van der Waals surface area contributed by atoms with Crippen LogP contribution in [0.5, 0.6) is 0 Å². The van der Waals surface area contributed by atoms with Crippen molar-refractivity contribution >= 4 is 27.6 Å². The lowest BCUT2D eigenvalue weighted by Gasteiger charge is -2.30. The molecule has 0 aromatic carbocycles. The normalized spacial score (nSPS) is 17.0. The Bertz CT molecular complexity index is 874. The Labute approximate surface area is 152 Å². The molecule has 1 saturated heterocycles. The van der Waals surface area contributed by atoms with E-state index >= 15 is 0 Å². The monoisotopic (exact) mass is 384 g/mol. The van der Waals surface area contributed by atoms with Crippen LogP contribution in [0.1, 0.15) is 18.5 Å². The van der Waals surface area contributed by atoms with Gasteiger partial charge in [-0.3, -0.25) is 4.68 Å². The first-order valence-corrected chi connectivity index (χ1v) is 10.2. The third kappa shape index (κ3) is 4.10. The van der Waals surface area contributed by atoms with Crippen molar-refractivity contribution in [2.45, 2.75) is 25.8 Å². The summed E-state index contributed by atoms with van der Waals surface area (Å²) in [6, 6.07) is 0.127. The highest BCUT2D eigenvalue weighted by Crippen LogP contribution is 2.28. The van der Waals surface area contributed by atoms with Crippen molar-refractivity contribution in [3.05, 3.63) is 23.1 Å². The molecule has 136 valence electrons. The first-order valence-electron chi connectivity index (χ1n) is 7.99. The summed E-state index contributed by atoms with van der Waals surface area (Å²) in [5, 5.41) is 8.07. The minimum Gasteiger partial charge on any atom is -0.351 e. The SMILES string of the molecule is Cc1nn(C)cc1-c1nc(NC2CCN(S(C)(=O)=O)CC2)ncc1Cl. The van der Waals surface area contributed by atoms with E-state index in [1.807, 2.05) is 20.2 Å². The largest absolute Gasteiger partial charge is 0.351 e. The number of hydrogen-bond acceptors (Lipinski definition) is 6. The molecule has 1 aliphatic rings. The van der Waals surface area contributed by atoms with E-state index in [0.29, 0.717) is 42.6 Å². The number of nitrogens with zero attached hydrogens (tertiary/aromatic N) is 5. The second-order valence-electron chi connectivity index (χ2n) is 6.27. The molecular weight excluding hydrogens is 364 g/mol. The van der Waals surface area contributed by atoms with Crippen molar-refractivity contribution in [3.8, 4) is 11.3 Å². The average molecular weight is 385 g/mol. The second-order valence-corrected chi connectivity index (χ2v) is 8.66. The Morgan fingerprint density at radius 3 is 2.56 bits per heavy atom. The molecule has 8 nitrogen and oxygen atoms in total. The van der Waals surface area contributed by atoms with Crippen molar-refractivity contribution in [3.63, 3.8) is 0 Å². The van der Waals surface area contributed by atoms with E-state index in [4.69, 9.17) is 11.6 Å². The van der Waals surface area contributed by atoms with Crippen molar-refractivity contribution in [1.82, 2.24) is 24.1 Å². The lowest BCUT2D eigenvalue weighted by molar-refractivity contribution is 0.331. The summed E-state index contributed by atoms with van der Waals surface area (Å²) in [6.07, 6.45) is 6.11. The number of aryl methyl sites for hydroxylation is 2. The summed E-state index contributed by atoms with van der Waals surface area (Å²) in [5.74, 6) is 0.487. The molecule has 0 bridgehead atoms. The van der Waals surface area contributed by atoms with Gasteiger partial charge in [0.1, 0.15) is 0 Å². The zero-order chi connectivity index (χ0) is 18.2. The molecule has 1 fully saturated rings. The van der Waals surface area contributed by atoms with Crippen LogP contribution in [0.15, 0.2) is 12.4 Å². The van der Waals surface area contributed by atoms with Gasteiger partial charge in [-0.2, -0.15) is 5.10 Å². The Morgan fingerprint density at radius 1 is 1.32 bits per heavy atom. The van der Waals surface area contributed by atoms with Crippen LogP contribution in [0, 0.1) is 6.92 Å². The van der Waals surface area contributed by atoms with Crippen molar-refractivity contribution in [1.29, 1.82) is 0 Å². The minimum absolute atomic E-state index is 0.127. The number of aromatic nitrogens is 4. The van der Waals surface area contributed by atoms with Crippen LogP contribution in [0.3, 0.4) is 0 Å². The molecule has 25 heavy (non-hydrogen) atoms. The van der Waals surface area contributed by atoms with E-state index in [2.05, 4.69) is 20.4 Å². The molecule has 10 heteroatoms.